The Hall–Kier alpha value is -0.980. The summed E-state index contributed by atoms with van der Waals surface area (Å²) in [5.74, 6) is 0.104. The summed E-state index contributed by atoms with van der Waals surface area (Å²) in [4.78, 5) is 3.94. The fourth-order valence-electron chi connectivity index (χ4n) is 2.73. The van der Waals surface area contributed by atoms with E-state index >= 15 is 0 Å². The van der Waals surface area contributed by atoms with Crippen LogP contribution in [-0.2, 0) is 16.4 Å². The predicted octanol–water partition coefficient (Wildman–Crippen LogP) is 1.79. The highest BCUT2D eigenvalue weighted by Crippen LogP contribution is 2.26. The van der Waals surface area contributed by atoms with Crippen LogP contribution in [0, 0.1) is 0 Å². The number of hydrogen-bond acceptors (Lipinski definition) is 4. The van der Waals surface area contributed by atoms with Crippen molar-refractivity contribution in [3.8, 4) is 0 Å². The van der Waals surface area contributed by atoms with E-state index in [-0.39, 0.29) is 5.75 Å². The number of nitrogens with zero attached hydrogens (tertiary/aromatic N) is 2. The van der Waals surface area contributed by atoms with E-state index in [4.69, 9.17) is 5.73 Å². The molecule has 0 unspecified atom stereocenters. The minimum Gasteiger partial charge on any atom is -0.329 e. The molecule has 0 spiro atoms. The molecule has 1 rings (SSSR count). The summed E-state index contributed by atoms with van der Waals surface area (Å²) in [6.45, 7) is 6.68. The van der Waals surface area contributed by atoms with Gasteiger partial charge in [0.25, 0.3) is 0 Å². The van der Waals surface area contributed by atoms with Crippen LogP contribution in [0.15, 0.2) is 24.5 Å². The van der Waals surface area contributed by atoms with Crippen LogP contribution in [-0.4, -0.2) is 42.1 Å². The zero-order chi connectivity index (χ0) is 15.9. The lowest BCUT2D eigenvalue weighted by atomic mass is 9.93. The lowest BCUT2D eigenvalue weighted by molar-refractivity contribution is 0.184. The van der Waals surface area contributed by atoms with E-state index < -0.39 is 15.6 Å². The van der Waals surface area contributed by atoms with E-state index in [1.807, 2.05) is 32.9 Å². The average Bonchev–Trinajstić information content (AvgIpc) is 2.51. The number of hydrogen-bond donors (Lipinski definition) is 1. The molecule has 0 aliphatic heterocycles. The quantitative estimate of drug-likeness (QED) is 0.754. The number of likely N-dealkylation sites (N-methyl/N-ethyl adjacent to an activating group) is 1. The first kappa shape index (κ1) is 18.1. The molecule has 120 valence electrons. The van der Waals surface area contributed by atoms with Crippen molar-refractivity contribution in [2.75, 3.05) is 18.8 Å². The van der Waals surface area contributed by atoms with E-state index in [0.717, 1.165) is 18.4 Å². The number of aromatic nitrogens is 1. The van der Waals surface area contributed by atoms with Crippen LogP contribution >= 0.6 is 0 Å². The van der Waals surface area contributed by atoms with Crippen molar-refractivity contribution in [3.63, 3.8) is 0 Å². The average molecular weight is 313 g/mol. The topological polar surface area (TPSA) is 76.3 Å². The van der Waals surface area contributed by atoms with Gasteiger partial charge in [-0.2, -0.15) is 4.31 Å². The fraction of sp³-hybridized carbons (Fsp3) is 0.667. The third-order valence-corrected chi connectivity index (χ3v) is 6.28. The Morgan fingerprint density at radius 2 is 1.76 bits per heavy atom. The highest BCUT2D eigenvalue weighted by Gasteiger charge is 2.38. The maximum absolute atomic E-state index is 12.7. The molecule has 2 N–H and O–H groups in total. The van der Waals surface area contributed by atoms with Gasteiger partial charge in [0.15, 0.2) is 0 Å². The Bertz CT molecular complexity index is 505. The molecule has 6 heteroatoms. The number of nitrogens with two attached hydrogens (primary N) is 1. The van der Waals surface area contributed by atoms with Crippen molar-refractivity contribution >= 4 is 10.0 Å². The molecule has 0 saturated carbocycles. The van der Waals surface area contributed by atoms with Crippen LogP contribution in [0.1, 0.15) is 39.2 Å². The molecule has 0 atom stereocenters. The second-order valence-corrected chi connectivity index (χ2v) is 7.23. The summed E-state index contributed by atoms with van der Waals surface area (Å²) in [6, 6.07) is 3.70. The number of sulfonamides is 1. The van der Waals surface area contributed by atoms with Crippen LogP contribution < -0.4 is 5.73 Å². The van der Waals surface area contributed by atoms with Crippen LogP contribution in [0.25, 0.3) is 0 Å². The highest BCUT2D eigenvalue weighted by molar-refractivity contribution is 7.89. The molecule has 5 nitrogen and oxygen atoms in total. The summed E-state index contributed by atoms with van der Waals surface area (Å²) < 4.78 is 27.0. The van der Waals surface area contributed by atoms with Crippen molar-refractivity contribution in [1.29, 1.82) is 0 Å². The molecule has 0 aromatic carbocycles. The van der Waals surface area contributed by atoms with Crippen LogP contribution in [0.2, 0.25) is 0 Å². The van der Waals surface area contributed by atoms with Crippen molar-refractivity contribution < 1.29 is 8.42 Å². The zero-order valence-corrected chi connectivity index (χ0v) is 14.1. The summed E-state index contributed by atoms with van der Waals surface area (Å²) in [5, 5.41) is 0. The lowest BCUT2D eigenvalue weighted by Crippen LogP contribution is -2.56. The zero-order valence-electron chi connectivity index (χ0n) is 13.2. The van der Waals surface area contributed by atoms with E-state index in [2.05, 4.69) is 4.98 Å². The van der Waals surface area contributed by atoms with Gasteiger partial charge in [-0.05, 0) is 37.0 Å². The summed E-state index contributed by atoms with van der Waals surface area (Å²) in [5.41, 5.74) is 6.41. The second kappa shape index (κ2) is 7.87. The Kier molecular flexibility index (Phi) is 6.77. The molecule has 1 heterocycles. The van der Waals surface area contributed by atoms with Crippen molar-refractivity contribution in [2.24, 2.45) is 5.73 Å². The van der Waals surface area contributed by atoms with Crippen LogP contribution in [0.5, 0.6) is 0 Å². The number of rotatable bonds is 9. The van der Waals surface area contributed by atoms with E-state index in [9.17, 15) is 8.42 Å². The largest absolute Gasteiger partial charge is 0.329 e. The molecular formula is C15H27N3O2S. The minimum atomic E-state index is -3.33. The Labute approximate surface area is 128 Å². The van der Waals surface area contributed by atoms with Gasteiger partial charge >= 0.3 is 0 Å². The van der Waals surface area contributed by atoms with Gasteiger partial charge in [0, 0.05) is 31.0 Å². The van der Waals surface area contributed by atoms with E-state index in [0.29, 0.717) is 19.5 Å². The van der Waals surface area contributed by atoms with Gasteiger partial charge in [0.1, 0.15) is 0 Å². The predicted molar refractivity (Wildman–Crippen MR) is 86.5 cm³/mol. The summed E-state index contributed by atoms with van der Waals surface area (Å²) in [7, 11) is -3.33. The smallest absolute Gasteiger partial charge is 0.214 e. The van der Waals surface area contributed by atoms with Crippen molar-refractivity contribution in [3.05, 3.63) is 30.1 Å². The molecular weight excluding hydrogens is 286 g/mol. The summed E-state index contributed by atoms with van der Waals surface area (Å²) in [6.07, 6.45) is 5.31. The van der Waals surface area contributed by atoms with Crippen LogP contribution in [0.3, 0.4) is 0 Å². The molecule has 0 radical (unpaired) electrons. The summed E-state index contributed by atoms with van der Waals surface area (Å²) >= 11 is 0. The Balaban J connectivity index is 2.92. The first-order valence-electron chi connectivity index (χ1n) is 7.55. The number of aryl methyl sites for hydroxylation is 1. The molecule has 0 bridgehead atoms. The maximum Gasteiger partial charge on any atom is 0.214 e. The van der Waals surface area contributed by atoms with Gasteiger partial charge in [-0.25, -0.2) is 8.42 Å². The molecule has 1 aromatic heterocycles. The molecule has 0 amide bonds. The third kappa shape index (κ3) is 4.25. The Morgan fingerprint density at radius 1 is 1.19 bits per heavy atom. The van der Waals surface area contributed by atoms with Gasteiger partial charge in [-0.1, -0.05) is 20.8 Å². The van der Waals surface area contributed by atoms with Gasteiger partial charge in [-0.15, -0.1) is 0 Å². The van der Waals surface area contributed by atoms with E-state index in [1.165, 1.54) is 0 Å². The molecule has 0 aliphatic rings. The van der Waals surface area contributed by atoms with E-state index in [1.54, 1.807) is 16.7 Å². The highest BCUT2D eigenvalue weighted by atomic mass is 32.2. The fourth-order valence-corrected chi connectivity index (χ4v) is 4.76. The minimum absolute atomic E-state index is 0.104. The SMILES string of the molecule is CCN(C(CC)(CC)CN)S(=O)(=O)CCc1ccncc1. The second-order valence-electron chi connectivity index (χ2n) is 5.22. The maximum atomic E-state index is 12.7. The normalized spacial score (nSPS) is 12.8. The molecule has 0 fully saturated rings. The van der Waals surface area contributed by atoms with Gasteiger partial charge in [0.2, 0.25) is 10.0 Å². The standard InChI is InChI=1S/C15H27N3O2S/c1-4-15(5-2,13-16)18(6-3)21(19,20)12-9-14-7-10-17-11-8-14/h7-8,10-11H,4-6,9,12-13,16H2,1-3H3. The van der Waals surface area contributed by atoms with Crippen molar-refractivity contribution in [2.45, 2.75) is 45.6 Å². The first-order chi connectivity index (χ1) is 9.95. The van der Waals surface area contributed by atoms with Gasteiger partial charge < -0.3 is 5.73 Å². The third-order valence-electron chi connectivity index (χ3n) is 4.25. The Morgan fingerprint density at radius 3 is 2.19 bits per heavy atom. The van der Waals surface area contributed by atoms with Gasteiger partial charge in [0.05, 0.1) is 5.75 Å². The van der Waals surface area contributed by atoms with Crippen LogP contribution in [0.4, 0.5) is 0 Å². The van der Waals surface area contributed by atoms with Crippen molar-refractivity contribution in [1.82, 2.24) is 9.29 Å². The molecule has 0 aliphatic carbocycles. The molecule has 21 heavy (non-hydrogen) atoms. The first-order valence-corrected chi connectivity index (χ1v) is 9.16. The lowest BCUT2D eigenvalue weighted by Gasteiger charge is -2.40. The monoisotopic (exact) mass is 313 g/mol. The van der Waals surface area contributed by atoms with Gasteiger partial charge in [-0.3, -0.25) is 4.98 Å². The molecule has 1 aromatic rings. The molecule has 0 saturated heterocycles. The number of pyridine rings is 1.